The molecule has 0 bridgehead atoms. The SMILES string of the molecule is CC(=O)Nc1ccc(C2=C(N(C)CCO)C(=O)N(c3ccc(N(C)C)cc3)C2=O)cc1. The van der Waals surface area contributed by atoms with Gasteiger partial charge in [-0.15, -0.1) is 0 Å². The Balaban J connectivity index is 2.03. The van der Waals surface area contributed by atoms with Crippen LogP contribution in [-0.4, -0.2) is 62.0 Å². The fourth-order valence-corrected chi connectivity index (χ4v) is 3.45. The van der Waals surface area contributed by atoms with Gasteiger partial charge in [-0.25, -0.2) is 4.90 Å². The summed E-state index contributed by atoms with van der Waals surface area (Å²) in [6.07, 6.45) is 0. The molecule has 1 heterocycles. The van der Waals surface area contributed by atoms with Gasteiger partial charge in [0.25, 0.3) is 11.8 Å². The second-order valence-electron chi connectivity index (χ2n) is 7.48. The van der Waals surface area contributed by atoms with E-state index in [1.54, 1.807) is 48.3 Å². The Kier molecular flexibility index (Phi) is 6.41. The zero-order valence-corrected chi connectivity index (χ0v) is 18.0. The summed E-state index contributed by atoms with van der Waals surface area (Å²) in [5.41, 5.74) is 3.05. The van der Waals surface area contributed by atoms with Crippen molar-refractivity contribution in [3.8, 4) is 0 Å². The molecule has 0 fully saturated rings. The molecule has 8 nitrogen and oxygen atoms in total. The van der Waals surface area contributed by atoms with E-state index >= 15 is 0 Å². The first-order chi connectivity index (χ1) is 14.7. The lowest BCUT2D eigenvalue weighted by atomic mass is 10.0. The number of amides is 3. The van der Waals surface area contributed by atoms with E-state index in [-0.39, 0.29) is 30.3 Å². The third-order valence-electron chi connectivity index (χ3n) is 4.99. The maximum atomic E-state index is 13.4. The van der Waals surface area contributed by atoms with Crippen LogP contribution >= 0.6 is 0 Å². The number of anilines is 3. The minimum atomic E-state index is -0.445. The molecule has 0 saturated heterocycles. The molecule has 0 saturated carbocycles. The summed E-state index contributed by atoms with van der Waals surface area (Å²) < 4.78 is 0. The fourth-order valence-electron chi connectivity index (χ4n) is 3.45. The van der Waals surface area contributed by atoms with Crippen LogP contribution in [0, 0.1) is 0 Å². The first-order valence-corrected chi connectivity index (χ1v) is 9.85. The van der Waals surface area contributed by atoms with E-state index in [0.717, 1.165) is 10.6 Å². The number of hydrogen-bond acceptors (Lipinski definition) is 6. The molecule has 0 radical (unpaired) electrons. The van der Waals surface area contributed by atoms with Gasteiger partial charge in [0.1, 0.15) is 5.70 Å². The van der Waals surface area contributed by atoms with Crippen molar-refractivity contribution in [3.05, 3.63) is 59.8 Å². The zero-order valence-electron chi connectivity index (χ0n) is 18.0. The summed E-state index contributed by atoms with van der Waals surface area (Å²) in [4.78, 5) is 42.6. The molecule has 1 aliphatic heterocycles. The Morgan fingerprint density at radius 1 is 0.968 bits per heavy atom. The van der Waals surface area contributed by atoms with Crippen molar-refractivity contribution >= 4 is 40.4 Å². The molecule has 1 aliphatic rings. The summed E-state index contributed by atoms with van der Waals surface area (Å²) in [6, 6.07) is 13.9. The normalized spacial score (nSPS) is 13.6. The molecule has 0 aliphatic carbocycles. The van der Waals surface area contributed by atoms with Crippen molar-refractivity contribution in [1.29, 1.82) is 0 Å². The second kappa shape index (κ2) is 9.01. The fraction of sp³-hybridized carbons (Fsp3) is 0.261. The maximum absolute atomic E-state index is 13.4. The van der Waals surface area contributed by atoms with Crippen LogP contribution in [0.3, 0.4) is 0 Å². The number of aliphatic hydroxyl groups excluding tert-OH is 1. The van der Waals surface area contributed by atoms with E-state index < -0.39 is 11.8 Å². The monoisotopic (exact) mass is 422 g/mol. The van der Waals surface area contributed by atoms with Gasteiger partial charge in [-0.1, -0.05) is 12.1 Å². The van der Waals surface area contributed by atoms with Crippen LogP contribution in [0.4, 0.5) is 17.1 Å². The van der Waals surface area contributed by atoms with E-state index in [1.807, 2.05) is 31.1 Å². The summed E-state index contributed by atoms with van der Waals surface area (Å²) >= 11 is 0. The standard InChI is InChI=1S/C23H26N4O4/c1-15(29)24-17-7-5-16(6-8-17)20-21(26(4)13-14-28)23(31)27(22(20)30)19-11-9-18(10-12-19)25(2)3/h5-12,28H,13-14H2,1-4H3,(H,24,29). The molecular formula is C23H26N4O4. The van der Waals surface area contributed by atoms with Gasteiger partial charge in [-0.3, -0.25) is 14.4 Å². The predicted octanol–water partition coefficient (Wildman–Crippen LogP) is 1.92. The first-order valence-electron chi connectivity index (χ1n) is 9.85. The maximum Gasteiger partial charge on any atom is 0.282 e. The van der Waals surface area contributed by atoms with Crippen LogP contribution < -0.4 is 15.1 Å². The van der Waals surface area contributed by atoms with Crippen LogP contribution in [0.15, 0.2) is 54.2 Å². The number of nitrogens with one attached hydrogen (secondary N) is 1. The molecule has 0 atom stereocenters. The molecule has 0 spiro atoms. The molecule has 0 unspecified atom stereocenters. The highest BCUT2D eigenvalue weighted by molar-refractivity contribution is 6.45. The van der Waals surface area contributed by atoms with E-state index in [0.29, 0.717) is 16.9 Å². The third-order valence-corrected chi connectivity index (χ3v) is 4.99. The first kappa shape index (κ1) is 22.0. The number of carbonyl (C=O) groups is 3. The Hall–Kier alpha value is -3.65. The Morgan fingerprint density at radius 2 is 1.58 bits per heavy atom. The van der Waals surface area contributed by atoms with Gasteiger partial charge < -0.3 is 20.2 Å². The summed E-state index contributed by atoms with van der Waals surface area (Å²) in [5, 5.41) is 12.1. The van der Waals surface area contributed by atoms with Crippen molar-refractivity contribution in [3.63, 3.8) is 0 Å². The lowest BCUT2D eigenvalue weighted by molar-refractivity contribution is -0.120. The van der Waals surface area contributed by atoms with Gasteiger partial charge in [-0.2, -0.15) is 0 Å². The molecule has 2 aromatic carbocycles. The number of likely N-dealkylation sites (N-methyl/N-ethyl adjacent to an activating group) is 1. The second-order valence-corrected chi connectivity index (χ2v) is 7.48. The Morgan fingerprint density at radius 3 is 2.10 bits per heavy atom. The van der Waals surface area contributed by atoms with Crippen LogP contribution in [0.2, 0.25) is 0 Å². The van der Waals surface area contributed by atoms with Crippen LogP contribution in [0.1, 0.15) is 12.5 Å². The number of hydrogen-bond donors (Lipinski definition) is 2. The molecule has 2 aromatic rings. The van der Waals surface area contributed by atoms with E-state index in [2.05, 4.69) is 5.32 Å². The molecular weight excluding hydrogens is 396 g/mol. The lowest BCUT2D eigenvalue weighted by Gasteiger charge is -2.21. The highest BCUT2D eigenvalue weighted by Gasteiger charge is 2.41. The number of aliphatic hydroxyl groups is 1. The van der Waals surface area contributed by atoms with Gasteiger partial charge >= 0.3 is 0 Å². The van der Waals surface area contributed by atoms with Crippen LogP contribution in [-0.2, 0) is 14.4 Å². The number of carbonyl (C=O) groups excluding carboxylic acids is 3. The van der Waals surface area contributed by atoms with Crippen molar-refractivity contribution in [2.45, 2.75) is 6.92 Å². The van der Waals surface area contributed by atoms with Crippen molar-refractivity contribution in [2.75, 3.05) is 49.4 Å². The van der Waals surface area contributed by atoms with E-state index in [4.69, 9.17) is 0 Å². The molecule has 3 amide bonds. The Bertz CT molecular complexity index is 1030. The summed E-state index contributed by atoms with van der Waals surface area (Å²) in [7, 11) is 5.49. The zero-order chi connectivity index (χ0) is 22.7. The van der Waals surface area contributed by atoms with Crippen LogP contribution in [0.5, 0.6) is 0 Å². The predicted molar refractivity (Wildman–Crippen MR) is 121 cm³/mol. The molecule has 162 valence electrons. The molecule has 2 N–H and O–H groups in total. The van der Waals surface area contributed by atoms with Gasteiger partial charge in [0.2, 0.25) is 5.91 Å². The molecule has 0 aromatic heterocycles. The topological polar surface area (TPSA) is 93.2 Å². The average Bonchev–Trinajstić information content (AvgIpc) is 2.98. The third kappa shape index (κ3) is 4.44. The van der Waals surface area contributed by atoms with Gasteiger partial charge in [0.15, 0.2) is 0 Å². The molecule has 31 heavy (non-hydrogen) atoms. The average molecular weight is 422 g/mol. The summed E-state index contributed by atoms with van der Waals surface area (Å²) in [5.74, 6) is -1.08. The van der Waals surface area contributed by atoms with Crippen LogP contribution in [0.25, 0.3) is 5.57 Å². The van der Waals surface area contributed by atoms with Gasteiger partial charge in [0.05, 0.1) is 17.9 Å². The number of imide groups is 1. The largest absolute Gasteiger partial charge is 0.395 e. The molecule has 3 rings (SSSR count). The quantitative estimate of drug-likeness (QED) is 0.663. The number of nitrogens with zero attached hydrogens (tertiary/aromatic N) is 3. The van der Waals surface area contributed by atoms with E-state index in [1.165, 1.54) is 6.92 Å². The van der Waals surface area contributed by atoms with Gasteiger partial charge in [-0.05, 0) is 42.0 Å². The minimum absolute atomic E-state index is 0.159. The van der Waals surface area contributed by atoms with Gasteiger partial charge in [0, 0.05) is 46.0 Å². The number of rotatable bonds is 7. The lowest BCUT2D eigenvalue weighted by Crippen LogP contribution is -2.34. The minimum Gasteiger partial charge on any atom is -0.395 e. The summed E-state index contributed by atoms with van der Waals surface area (Å²) in [6.45, 7) is 1.46. The number of benzene rings is 2. The van der Waals surface area contributed by atoms with E-state index in [9.17, 15) is 19.5 Å². The smallest absolute Gasteiger partial charge is 0.282 e. The van der Waals surface area contributed by atoms with Crippen molar-refractivity contribution < 1.29 is 19.5 Å². The Labute approximate surface area is 181 Å². The van der Waals surface area contributed by atoms with Crippen molar-refractivity contribution in [1.82, 2.24) is 4.90 Å². The van der Waals surface area contributed by atoms with Crippen molar-refractivity contribution in [2.24, 2.45) is 0 Å². The highest BCUT2D eigenvalue weighted by atomic mass is 16.3. The molecule has 8 heteroatoms. The highest BCUT2D eigenvalue weighted by Crippen LogP contribution is 2.35.